The van der Waals surface area contributed by atoms with Crippen molar-refractivity contribution in [2.45, 2.75) is 32.4 Å². The van der Waals surface area contributed by atoms with Gasteiger partial charge in [-0.25, -0.2) is 0 Å². The summed E-state index contributed by atoms with van der Waals surface area (Å²) in [6, 6.07) is 11.0. The fraction of sp³-hybridized carbons (Fsp3) is 0.500. The third-order valence-corrected chi connectivity index (χ3v) is 4.01. The third-order valence-electron chi connectivity index (χ3n) is 4.01. The summed E-state index contributed by atoms with van der Waals surface area (Å²) in [5.74, 6) is 0. The lowest BCUT2D eigenvalue weighted by Crippen LogP contribution is -2.33. The van der Waals surface area contributed by atoms with Gasteiger partial charge in [0.1, 0.15) is 11.4 Å². The summed E-state index contributed by atoms with van der Waals surface area (Å²) in [6.07, 6.45) is 2.74. The Morgan fingerprint density at radius 1 is 1.24 bits per heavy atom. The molecule has 1 aliphatic rings. The van der Waals surface area contributed by atoms with Gasteiger partial charge in [-0.05, 0) is 19.4 Å². The average Bonchev–Trinajstić information content (AvgIpc) is 3.26. The van der Waals surface area contributed by atoms with E-state index < -0.39 is 0 Å². The summed E-state index contributed by atoms with van der Waals surface area (Å²) >= 11 is 0. The van der Waals surface area contributed by atoms with E-state index in [0.29, 0.717) is 0 Å². The van der Waals surface area contributed by atoms with Crippen LogP contribution < -0.4 is 5.32 Å². The van der Waals surface area contributed by atoms with Crippen LogP contribution in [0.1, 0.15) is 25.5 Å². The molecule has 3 rings (SSSR count). The number of hydrogen-bond donors (Lipinski definition) is 2. The summed E-state index contributed by atoms with van der Waals surface area (Å²) in [6.45, 7) is 6.24. The molecule has 1 fully saturated rings. The van der Waals surface area contributed by atoms with Crippen LogP contribution in [0.4, 0.5) is 0 Å². The highest BCUT2D eigenvalue weighted by molar-refractivity contribution is 5.60. The predicted molar refractivity (Wildman–Crippen MR) is 83.8 cm³/mol. The molecule has 0 radical (unpaired) electrons. The van der Waals surface area contributed by atoms with Crippen molar-refractivity contribution in [1.29, 1.82) is 0 Å². The maximum absolute atomic E-state index is 4.27. The molecule has 0 spiro atoms. The Morgan fingerprint density at radius 3 is 2.76 bits per heavy atom. The number of aromatic nitrogens is 3. The van der Waals surface area contributed by atoms with Crippen molar-refractivity contribution in [1.82, 2.24) is 25.6 Å². The van der Waals surface area contributed by atoms with Crippen molar-refractivity contribution in [3.63, 3.8) is 0 Å². The molecule has 0 bridgehead atoms. The van der Waals surface area contributed by atoms with E-state index in [1.54, 1.807) is 0 Å². The van der Waals surface area contributed by atoms with E-state index in [1.165, 1.54) is 12.8 Å². The number of benzene rings is 1. The van der Waals surface area contributed by atoms with Crippen molar-refractivity contribution in [3.05, 3.63) is 36.0 Å². The first kappa shape index (κ1) is 14.2. The number of aromatic amines is 1. The van der Waals surface area contributed by atoms with Crippen LogP contribution in [0, 0.1) is 0 Å². The van der Waals surface area contributed by atoms with Gasteiger partial charge >= 0.3 is 0 Å². The molecule has 0 unspecified atom stereocenters. The topological polar surface area (TPSA) is 56.8 Å². The van der Waals surface area contributed by atoms with Crippen molar-refractivity contribution < 1.29 is 0 Å². The monoisotopic (exact) mass is 285 g/mol. The van der Waals surface area contributed by atoms with E-state index in [0.717, 1.165) is 49.2 Å². The van der Waals surface area contributed by atoms with Crippen molar-refractivity contribution >= 4 is 0 Å². The van der Waals surface area contributed by atoms with Crippen LogP contribution in [0.15, 0.2) is 30.3 Å². The minimum atomic E-state index is 0.753. The van der Waals surface area contributed by atoms with Gasteiger partial charge in [-0.2, -0.15) is 15.4 Å². The van der Waals surface area contributed by atoms with Crippen LogP contribution in [0.3, 0.4) is 0 Å². The van der Waals surface area contributed by atoms with E-state index >= 15 is 0 Å². The predicted octanol–water partition coefficient (Wildman–Crippen LogP) is 2.05. The van der Waals surface area contributed by atoms with Crippen molar-refractivity contribution in [3.8, 4) is 11.3 Å². The van der Waals surface area contributed by atoms with Crippen LogP contribution in [-0.4, -0.2) is 46.0 Å². The molecule has 112 valence electrons. The fourth-order valence-corrected chi connectivity index (χ4v) is 2.67. The highest BCUT2D eigenvalue weighted by Gasteiger charge is 2.27. The Labute approximate surface area is 125 Å². The van der Waals surface area contributed by atoms with Crippen molar-refractivity contribution in [2.24, 2.45) is 0 Å². The summed E-state index contributed by atoms with van der Waals surface area (Å²) in [5.41, 5.74) is 3.03. The van der Waals surface area contributed by atoms with Gasteiger partial charge in [0.05, 0.1) is 0 Å². The zero-order valence-corrected chi connectivity index (χ0v) is 12.5. The van der Waals surface area contributed by atoms with Gasteiger partial charge in [-0.1, -0.05) is 37.3 Å². The molecule has 1 saturated carbocycles. The maximum atomic E-state index is 4.27. The molecule has 1 heterocycles. The maximum Gasteiger partial charge on any atom is 0.117 e. The van der Waals surface area contributed by atoms with Gasteiger partial charge in [0, 0.05) is 31.2 Å². The molecular weight excluding hydrogens is 262 g/mol. The van der Waals surface area contributed by atoms with Gasteiger partial charge in [0.15, 0.2) is 0 Å². The molecule has 1 aliphatic carbocycles. The van der Waals surface area contributed by atoms with Crippen molar-refractivity contribution in [2.75, 3.05) is 19.6 Å². The molecule has 0 aliphatic heterocycles. The molecule has 21 heavy (non-hydrogen) atoms. The highest BCUT2D eigenvalue weighted by Crippen LogP contribution is 2.25. The molecule has 1 aromatic carbocycles. The number of nitrogens with zero attached hydrogens (tertiary/aromatic N) is 3. The lowest BCUT2D eigenvalue weighted by molar-refractivity contribution is 0.277. The molecular formula is C16H23N5. The first-order chi connectivity index (χ1) is 10.4. The first-order valence-electron chi connectivity index (χ1n) is 7.78. The van der Waals surface area contributed by atoms with Gasteiger partial charge in [0.2, 0.25) is 0 Å². The summed E-state index contributed by atoms with van der Waals surface area (Å²) in [7, 11) is 0. The molecule has 0 saturated heterocycles. The number of nitrogens with one attached hydrogen (secondary N) is 2. The lowest BCUT2D eigenvalue weighted by atomic mass is 10.1. The van der Waals surface area contributed by atoms with E-state index in [4.69, 9.17) is 0 Å². The summed E-state index contributed by atoms with van der Waals surface area (Å²) in [5, 5.41) is 14.7. The second-order valence-corrected chi connectivity index (χ2v) is 5.52. The Kier molecular flexibility index (Phi) is 4.62. The average molecular weight is 285 g/mol. The number of H-pyrrole nitrogens is 1. The minimum Gasteiger partial charge on any atom is -0.310 e. The Balaban J connectivity index is 1.51. The quantitative estimate of drug-likeness (QED) is 0.729. The standard InChI is InChI=1S/C16H23N5/c1-2-21(14-8-9-14)11-10-17-12-15-16(19-20-18-15)13-6-4-3-5-7-13/h3-7,14,17H,2,8-12H2,1H3,(H,18,19,20). The van der Waals surface area contributed by atoms with Crippen LogP contribution in [-0.2, 0) is 6.54 Å². The normalized spacial score (nSPS) is 14.8. The minimum absolute atomic E-state index is 0.753. The molecule has 0 amide bonds. The first-order valence-corrected chi connectivity index (χ1v) is 7.78. The molecule has 5 heteroatoms. The second kappa shape index (κ2) is 6.83. The molecule has 2 aromatic rings. The van der Waals surface area contributed by atoms with Crippen LogP contribution in [0.25, 0.3) is 11.3 Å². The Hall–Kier alpha value is -1.72. The van der Waals surface area contributed by atoms with E-state index in [2.05, 4.69) is 44.7 Å². The molecule has 5 nitrogen and oxygen atoms in total. The molecule has 1 aromatic heterocycles. The number of hydrogen-bond acceptors (Lipinski definition) is 4. The lowest BCUT2D eigenvalue weighted by Gasteiger charge is -2.19. The van der Waals surface area contributed by atoms with Crippen LogP contribution >= 0.6 is 0 Å². The molecule has 0 atom stereocenters. The van der Waals surface area contributed by atoms with E-state index in [9.17, 15) is 0 Å². The second-order valence-electron chi connectivity index (χ2n) is 5.52. The van der Waals surface area contributed by atoms with E-state index in [1.807, 2.05) is 18.2 Å². The van der Waals surface area contributed by atoms with Gasteiger partial charge in [-0.15, -0.1) is 0 Å². The fourth-order valence-electron chi connectivity index (χ4n) is 2.67. The number of likely N-dealkylation sites (N-methyl/N-ethyl adjacent to an activating group) is 1. The Morgan fingerprint density at radius 2 is 2.05 bits per heavy atom. The zero-order chi connectivity index (χ0) is 14.5. The van der Waals surface area contributed by atoms with Crippen LogP contribution in [0.2, 0.25) is 0 Å². The number of rotatable bonds is 8. The summed E-state index contributed by atoms with van der Waals surface area (Å²) < 4.78 is 0. The smallest absolute Gasteiger partial charge is 0.117 e. The Bertz CT molecular complexity index is 547. The highest BCUT2D eigenvalue weighted by atomic mass is 15.3. The summed E-state index contributed by atoms with van der Waals surface area (Å²) in [4.78, 5) is 2.55. The third kappa shape index (κ3) is 3.68. The zero-order valence-electron chi connectivity index (χ0n) is 12.5. The van der Waals surface area contributed by atoms with E-state index in [-0.39, 0.29) is 0 Å². The molecule has 2 N–H and O–H groups in total. The van der Waals surface area contributed by atoms with Gasteiger partial charge < -0.3 is 5.32 Å². The largest absolute Gasteiger partial charge is 0.310 e. The SMILES string of the molecule is CCN(CCNCc1n[nH]nc1-c1ccccc1)C1CC1. The van der Waals surface area contributed by atoms with Gasteiger partial charge in [-0.3, -0.25) is 4.90 Å². The van der Waals surface area contributed by atoms with Crippen LogP contribution in [0.5, 0.6) is 0 Å². The van der Waals surface area contributed by atoms with Gasteiger partial charge in [0.25, 0.3) is 0 Å².